The maximum Gasteiger partial charge on any atom is 0.337 e. The van der Waals surface area contributed by atoms with E-state index >= 15 is 0 Å². The van der Waals surface area contributed by atoms with Gasteiger partial charge in [0, 0.05) is 6.42 Å². The van der Waals surface area contributed by atoms with Crippen LogP contribution in [-0.2, 0) is 9.53 Å². The van der Waals surface area contributed by atoms with Gasteiger partial charge in [0.05, 0.1) is 5.57 Å². The number of carbonyl (C=O) groups excluding carboxylic acids is 1. The van der Waals surface area contributed by atoms with Crippen LogP contribution in [0.1, 0.15) is 33.6 Å². The first kappa shape index (κ1) is 15.3. The quantitative estimate of drug-likeness (QED) is 0.823. The lowest BCUT2D eigenvalue weighted by atomic mass is 9.97. The minimum atomic E-state index is -0.357. The molecular weight excluding hydrogens is 240 g/mol. The van der Waals surface area contributed by atoms with Gasteiger partial charge in [-0.25, -0.2) is 4.79 Å². The van der Waals surface area contributed by atoms with Crippen molar-refractivity contribution in [2.45, 2.75) is 39.7 Å². The van der Waals surface area contributed by atoms with E-state index in [1.807, 2.05) is 57.2 Å². The van der Waals surface area contributed by atoms with E-state index in [0.29, 0.717) is 18.4 Å². The summed E-state index contributed by atoms with van der Waals surface area (Å²) in [4.78, 5) is 11.3. The third-order valence-corrected chi connectivity index (χ3v) is 3.01. The van der Waals surface area contributed by atoms with Crippen molar-refractivity contribution in [3.63, 3.8) is 0 Å². The van der Waals surface area contributed by atoms with Crippen LogP contribution in [0.4, 0.5) is 0 Å². The fraction of sp³-hybridized carbons (Fsp3) is 0.438. The third kappa shape index (κ3) is 4.78. The van der Waals surface area contributed by atoms with E-state index in [4.69, 9.17) is 4.74 Å². The molecule has 1 N–H and O–H groups in total. The SMILES string of the molecule is CCC1=C(O)CC(C(C)C)OC1=O.c1ccccc1. The van der Waals surface area contributed by atoms with Gasteiger partial charge >= 0.3 is 5.97 Å². The minimum Gasteiger partial charge on any atom is -0.512 e. The summed E-state index contributed by atoms with van der Waals surface area (Å²) in [5.41, 5.74) is 0.428. The van der Waals surface area contributed by atoms with Gasteiger partial charge in [0.2, 0.25) is 0 Å². The molecule has 0 radical (unpaired) electrons. The number of carbonyl (C=O) groups is 1. The fourth-order valence-electron chi connectivity index (χ4n) is 1.79. The molecule has 0 amide bonds. The Morgan fingerprint density at radius 3 is 2.00 bits per heavy atom. The van der Waals surface area contributed by atoms with Gasteiger partial charge in [0.1, 0.15) is 11.9 Å². The van der Waals surface area contributed by atoms with E-state index in [1.54, 1.807) is 0 Å². The molecule has 0 saturated heterocycles. The Morgan fingerprint density at radius 1 is 1.21 bits per heavy atom. The van der Waals surface area contributed by atoms with Gasteiger partial charge in [-0.15, -0.1) is 0 Å². The van der Waals surface area contributed by atoms with Gasteiger partial charge in [-0.3, -0.25) is 0 Å². The molecule has 0 spiro atoms. The van der Waals surface area contributed by atoms with Crippen LogP contribution in [0.5, 0.6) is 0 Å². The number of ether oxygens (including phenoxy) is 1. The predicted octanol–water partition coefficient (Wildman–Crippen LogP) is 3.87. The molecule has 0 aromatic heterocycles. The summed E-state index contributed by atoms with van der Waals surface area (Å²) in [6.07, 6.45) is 0.838. The van der Waals surface area contributed by atoms with Crippen LogP contribution in [0, 0.1) is 5.92 Å². The molecule has 0 bridgehead atoms. The van der Waals surface area contributed by atoms with Crippen LogP contribution in [-0.4, -0.2) is 17.2 Å². The Kier molecular flexibility index (Phi) is 6.13. The van der Waals surface area contributed by atoms with E-state index < -0.39 is 0 Å². The molecule has 3 heteroatoms. The number of rotatable bonds is 2. The molecule has 104 valence electrons. The summed E-state index contributed by atoms with van der Waals surface area (Å²) < 4.78 is 5.16. The summed E-state index contributed by atoms with van der Waals surface area (Å²) in [5.74, 6) is 0.104. The largest absolute Gasteiger partial charge is 0.512 e. The molecule has 1 aliphatic rings. The van der Waals surface area contributed by atoms with E-state index in [1.165, 1.54) is 0 Å². The second-order valence-corrected chi connectivity index (χ2v) is 4.83. The highest BCUT2D eigenvalue weighted by Gasteiger charge is 2.29. The average Bonchev–Trinajstić information content (AvgIpc) is 2.41. The van der Waals surface area contributed by atoms with Gasteiger partial charge < -0.3 is 9.84 Å². The number of hydrogen-bond donors (Lipinski definition) is 1. The van der Waals surface area contributed by atoms with Crippen LogP contribution in [0.25, 0.3) is 0 Å². The van der Waals surface area contributed by atoms with Gasteiger partial charge in [-0.2, -0.15) is 0 Å². The second-order valence-electron chi connectivity index (χ2n) is 4.83. The Morgan fingerprint density at radius 2 is 1.68 bits per heavy atom. The maximum absolute atomic E-state index is 11.3. The lowest BCUT2D eigenvalue weighted by molar-refractivity contribution is -0.149. The summed E-state index contributed by atoms with van der Waals surface area (Å²) in [5, 5.41) is 9.54. The van der Waals surface area contributed by atoms with Gasteiger partial charge in [0.25, 0.3) is 0 Å². The molecule has 2 rings (SSSR count). The van der Waals surface area contributed by atoms with E-state index in [0.717, 1.165) is 0 Å². The molecule has 0 aliphatic carbocycles. The highest BCUT2D eigenvalue weighted by Crippen LogP contribution is 2.25. The van der Waals surface area contributed by atoms with Gasteiger partial charge in [-0.05, 0) is 12.3 Å². The molecule has 0 saturated carbocycles. The molecule has 0 fully saturated rings. The van der Waals surface area contributed by atoms with Crippen LogP contribution >= 0.6 is 0 Å². The number of aliphatic hydroxyl groups is 1. The zero-order chi connectivity index (χ0) is 14.3. The molecule has 3 nitrogen and oxygen atoms in total. The molecule has 1 aromatic carbocycles. The van der Waals surface area contributed by atoms with Crippen LogP contribution in [0.15, 0.2) is 47.7 Å². The second kappa shape index (κ2) is 7.62. The Bertz CT molecular complexity index is 394. The normalized spacial score (nSPS) is 18.7. The van der Waals surface area contributed by atoms with Crippen molar-refractivity contribution in [3.05, 3.63) is 47.7 Å². The number of hydrogen-bond acceptors (Lipinski definition) is 3. The lowest BCUT2D eigenvalue weighted by Crippen LogP contribution is -2.30. The van der Waals surface area contributed by atoms with Crippen molar-refractivity contribution in [3.8, 4) is 0 Å². The molecule has 1 aromatic rings. The van der Waals surface area contributed by atoms with Crippen LogP contribution < -0.4 is 0 Å². The zero-order valence-corrected chi connectivity index (χ0v) is 11.8. The van der Waals surface area contributed by atoms with Crippen molar-refractivity contribution < 1.29 is 14.6 Å². The lowest BCUT2D eigenvalue weighted by Gasteiger charge is -2.26. The maximum atomic E-state index is 11.3. The van der Waals surface area contributed by atoms with E-state index in [2.05, 4.69) is 0 Å². The highest BCUT2D eigenvalue weighted by atomic mass is 16.5. The first-order chi connectivity index (χ1) is 9.06. The monoisotopic (exact) mass is 262 g/mol. The topological polar surface area (TPSA) is 46.5 Å². The molecule has 1 unspecified atom stereocenters. The molecule has 1 heterocycles. The summed E-state index contributed by atoms with van der Waals surface area (Å²) >= 11 is 0. The standard InChI is InChI=1S/C10H16O3.C6H6/c1-4-7-8(11)5-9(6(2)3)13-10(7)12;1-2-4-6-5-3-1/h6,9,11H,4-5H2,1-3H3;1-6H. The molecule has 1 atom stereocenters. The third-order valence-electron chi connectivity index (χ3n) is 3.01. The Hall–Kier alpha value is -1.77. The van der Waals surface area contributed by atoms with Crippen molar-refractivity contribution in [2.24, 2.45) is 5.92 Å². The number of esters is 1. The predicted molar refractivity (Wildman–Crippen MR) is 75.7 cm³/mol. The van der Waals surface area contributed by atoms with Crippen LogP contribution in [0.3, 0.4) is 0 Å². The first-order valence-corrected chi connectivity index (χ1v) is 6.68. The fourth-order valence-corrected chi connectivity index (χ4v) is 1.79. The number of aliphatic hydroxyl groups excluding tert-OH is 1. The Balaban J connectivity index is 0.000000250. The summed E-state index contributed by atoms with van der Waals surface area (Å²) in [6, 6.07) is 12.0. The molecule has 19 heavy (non-hydrogen) atoms. The number of cyclic esters (lactones) is 1. The van der Waals surface area contributed by atoms with Crippen molar-refractivity contribution in [1.82, 2.24) is 0 Å². The van der Waals surface area contributed by atoms with Crippen molar-refractivity contribution >= 4 is 5.97 Å². The van der Waals surface area contributed by atoms with Gasteiger partial charge in [0.15, 0.2) is 0 Å². The minimum absolute atomic E-state index is 0.164. The average molecular weight is 262 g/mol. The van der Waals surface area contributed by atoms with Crippen LogP contribution in [0.2, 0.25) is 0 Å². The molecular formula is C16H22O3. The van der Waals surface area contributed by atoms with E-state index in [-0.39, 0.29) is 23.8 Å². The summed E-state index contributed by atoms with van der Waals surface area (Å²) in [7, 11) is 0. The zero-order valence-electron chi connectivity index (χ0n) is 11.8. The smallest absolute Gasteiger partial charge is 0.337 e. The highest BCUT2D eigenvalue weighted by molar-refractivity contribution is 5.89. The van der Waals surface area contributed by atoms with Crippen molar-refractivity contribution in [2.75, 3.05) is 0 Å². The molecule has 1 aliphatic heterocycles. The van der Waals surface area contributed by atoms with E-state index in [9.17, 15) is 9.90 Å². The van der Waals surface area contributed by atoms with Crippen molar-refractivity contribution in [1.29, 1.82) is 0 Å². The van der Waals surface area contributed by atoms with Gasteiger partial charge in [-0.1, -0.05) is 57.2 Å². The summed E-state index contributed by atoms with van der Waals surface area (Å²) in [6.45, 7) is 5.78. The number of benzene rings is 1. The Labute approximate surface area is 114 Å². The first-order valence-electron chi connectivity index (χ1n) is 6.68.